The molecule has 5 rings (SSSR count). The highest BCUT2D eigenvalue weighted by atomic mass is 32.2. The van der Waals surface area contributed by atoms with Crippen molar-refractivity contribution in [2.24, 2.45) is 0 Å². The average molecular weight is 483 g/mol. The van der Waals surface area contributed by atoms with E-state index in [0.29, 0.717) is 34.6 Å². The van der Waals surface area contributed by atoms with Crippen LogP contribution >= 0.6 is 11.8 Å². The minimum atomic E-state index is -1.87. The number of hydrogen-bond acceptors (Lipinski definition) is 6. The van der Waals surface area contributed by atoms with E-state index in [1.54, 1.807) is 24.5 Å². The molecule has 178 valence electrons. The molecule has 0 aliphatic carbocycles. The van der Waals surface area contributed by atoms with E-state index in [1.165, 1.54) is 6.07 Å². The minimum Gasteiger partial charge on any atom is -0.458 e. The lowest BCUT2D eigenvalue weighted by molar-refractivity contribution is -0.172. The molecule has 1 atom stereocenters. The Morgan fingerprint density at radius 1 is 1.24 bits per heavy atom. The summed E-state index contributed by atoms with van der Waals surface area (Å²) in [6.45, 7) is 3.62. The van der Waals surface area contributed by atoms with E-state index in [2.05, 4.69) is 6.26 Å². The van der Waals surface area contributed by atoms with Crippen LogP contribution in [-0.4, -0.2) is 32.6 Å². The molecule has 0 amide bonds. The van der Waals surface area contributed by atoms with Crippen molar-refractivity contribution in [2.75, 3.05) is 12.0 Å². The van der Waals surface area contributed by atoms with Crippen molar-refractivity contribution in [3.8, 4) is 11.4 Å². The smallest absolute Gasteiger partial charge is 0.343 e. The molecular weight excluding hydrogens is 455 g/mol. The molecule has 8 heteroatoms. The van der Waals surface area contributed by atoms with Crippen LogP contribution in [0.15, 0.2) is 23.0 Å². The Hall–Kier alpha value is -2.71. The third kappa shape index (κ3) is 3.38. The van der Waals surface area contributed by atoms with Gasteiger partial charge in [0.1, 0.15) is 12.4 Å². The van der Waals surface area contributed by atoms with Crippen LogP contribution in [0.4, 0.5) is 4.39 Å². The average Bonchev–Trinajstić information content (AvgIpc) is 3.19. The third-order valence-corrected chi connectivity index (χ3v) is 7.81. The topological polar surface area (TPSA) is 81.4 Å². The van der Waals surface area contributed by atoms with E-state index in [9.17, 15) is 19.1 Å². The summed E-state index contributed by atoms with van der Waals surface area (Å²) in [4.78, 5) is 30.6. The quantitative estimate of drug-likeness (QED) is 0.328. The first kappa shape index (κ1) is 23.1. The van der Waals surface area contributed by atoms with E-state index in [1.807, 2.05) is 17.8 Å². The van der Waals surface area contributed by atoms with Gasteiger partial charge in [-0.05, 0) is 67.9 Å². The molecule has 0 saturated heterocycles. The Bertz CT molecular complexity index is 1400. The molecule has 0 bridgehead atoms. The molecule has 0 radical (unpaired) electrons. The highest BCUT2D eigenvalue weighted by Crippen LogP contribution is 2.40. The van der Waals surface area contributed by atoms with Crippen molar-refractivity contribution < 1.29 is 19.0 Å². The lowest BCUT2D eigenvalue weighted by Gasteiger charge is -2.31. The zero-order chi connectivity index (χ0) is 24.2. The molecule has 6 nitrogen and oxygen atoms in total. The van der Waals surface area contributed by atoms with Crippen LogP contribution in [0.1, 0.15) is 54.0 Å². The van der Waals surface area contributed by atoms with Gasteiger partial charge in [-0.15, -0.1) is 0 Å². The third-order valence-electron chi connectivity index (χ3n) is 7.11. The fourth-order valence-electron chi connectivity index (χ4n) is 5.13. The van der Waals surface area contributed by atoms with Crippen LogP contribution in [0.5, 0.6) is 0 Å². The highest BCUT2D eigenvalue weighted by molar-refractivity contribution is 7.98. The fraction of sp³-hybridized carbons (Fsp3) is 0.423. The second kappa shape index (κ2) is 8.50. The van der Waals surface area contributed by atoms with Gasteiger partial charge in [-0.3, -0.25) is 4.79 Å². The number of carbonyl (C=O) groups excluding carboxylic acids is 1. The van der Waals surface area contributed by atoms with Gasteiger partial charge in [-0.2, -0.15) is 11.8 Å². The van der Waals surface area contributed by atoms with Gasteiger partial charge < -0.3 is 14.4 Å². The second-order valence-electron chi connectivity index (χ2n) is 9.09. The molecule has 0 unspecified atom stereocenters. The van der Waals surface area contributed by atoms with Gasteiger partial charge in [0.05, 0.1) is 29.0 Å². The molecule has 1 N–H and O–H groups in total. The predicted octanol–water partition coefficient (Wildman–Crippen LogP) is 4.21. The SMILES string of the molecule is CC[C@@]1(O)C(=O)OCc2c1cc1n(c2=O)Cc2c-1nc1cc(F)c(C)cc1c2CCCCSC. The van der Waals surface area contributed by atoms with Gasteiger partial charge >= 0.3 is 5.97 Å². The molecule has 0 spiro atoms. The largest absolute Gasteiger partial charge is 0.458 e. The summed E-state index contributed by atoms with van der Waals surface area (Å²) in [7, 11) is 0. The molecule has 1 aromatic carbocycles. The second-order valence-corrected chi connectivity index (χ2v) is 10.1. The maximum absolute atomic E-state index is 14.5. The van der Waals surface area contributed by atoms with E-state index in [-0.39, 0.29) is 30.0 Å². The van der Waals surface area contributed by atoms with Crippen molar-refractivity contribution in [1.82, 2.24) is 9.55 Å². The van der Waals surface area contributed by atoms with Gasteiger partial charge in [-0.1, -0.05) is 6.92 Å². The van der Waals surface area contributed by atoms with Gasteiger partial charge in [0, 0.05) is 22.6 Å². The molecule has 0 fully saturated rings. The van der Waals surface area contributed by atoms with Crippen molar-refractivity contribution in [1.29, 1.82) is 0 Å². The summed E-state index contributed by atoms with van der Waals surface area (Å²) in [6.07, 6.45) is 5.01. The number of unbranched alkanes of at least 4 members (excludes halogenated alkanes) is 1. The number of ether oxygens (including phenoxy) is 1. The first-order valence-electron chi connectivity index (χ1n) is 11.6. The number of fused-ring (bicyclic) bond motifs is 5. The van der Waals surface area contributed by atoms with Crippen LogP contribution < -0.4 is 5.56 Å². The molecular formula is C26H27FN2O4S. The number of esters is 1. The van der Waals surface area contributed by atoms with Crippen LogP contribution in [-0.2, 0) is 34.7 Å². The number of aromatic nitrogens is 2. The number of aryl methyl sites for hydroxylation is 2. The predicted molar refractivity (Wildman–Crippen MR) is 131 cm³/mol. The summed E-state index contributed by atoms with van der Waals surface area (Å²) in [5.74, 6) is -0.00434. The maximum atomic E-state index is 14.5. The maximum Gasteiger partial charge on any atom is 0.343 e. The van der Waals surface area contributed by atoms with Crippen molar-refractivity contribution in [2.45, 2.75) is 58.3 Å². The van der Waals surface area contributed by atoms with Gasteiger partial charge in [0.25, 0.3) is 5.56 Å². The lowest BCUT2D eigenvalue weighted by atomic mass is 9.86. The van der Waals surface area contributed by atoms with E-state index in [4.69, 9.17) is 9.72 Å². The van der Waals surface area contributed by atoms with Crippen LogP contribution in [0.2, 0.25) is 0 Å². The Kier molecular flexibility index (Phi) is 5.76. The number of nitrogens with zero attached hydrogens (tertiary/aromatic N) is 2. The number of benzene rings is 1. The summed E-state index contributed by atoms with van der Waals surface area (Å²) >= 11 is 1.81. The first-order valence-corrected chi connectivity index (χ1v) is 13.0. The Labute approximate surface area is 201 Å². The molecule has 34 heavy (non-hydrogen) atoms. The number of halogens is 1. The van der Waals surface area contributed by atoms with Crippen LogP contribution in [0, 0.1) is 12.7 Å². The van der Waals surface area contributed by atoms with Gasteiger partial charge in [0.2, 0.25) is 0 Å². The number of rotatable bonds is 6. The van der Waals surface area contributed by atoms with Crippen LogP contribution in [0.3, 0.4) is 0 Å². The number of hydrogen-bond donors (Lipinski definition) is 1. The summed E-state index contributed by atoms with van der Waals surface area (Å²) in [5.41, 5.74) is 2.74. The minimum absolute atomic E-state index is 0.0882. The number of cyclic esters (lactones) is 1. The number of pyridine rings is 2. The van der Waals surface area contributed by atoms with Crippen molar-refractivity contribution in [3.63, 3.8) is 0 Å². The highest BCUT2D eigenvalue weighted by Gasteiger charge is 2.45. The Balaban J connectivity index is 1.74. The molecule has 0 saturated carbocycles. The molecule has 3 aromatic rings. The van der Waals surface area contributed by atoms with E-state index >= 15 is 0 Å². The summed E-state index contributed by atoms with van der Waals surface area (Å²) in [5, 5.41) is 12.0. The molecule has 2 aliphatic rings. The van der Waals surface area contributed by atoms with E-state index in [0.717, 1.165) is 41.5 Å². The fourth-order valence-corrected chi connectivity index (χ4v) is 5.62. The monoisotopic (exact) mass is 482 g/mol. The number of carbonyl (C=O) groups is 1. The Morgan fingerprint density at radius 3 is 2.76 bits per heavy atom. The number of thioether (sulfide) groups is 1. The zero-order valence-electron chi connectivity index (χ0n) is 19.5. The normalized spacial score (nSPS) is 18.6. The standard InChI is InChI=1S/C26H27FN2O4S/c1-4-26(32)19-10-22-23-17(12-29(22)24(30)18(19)13-33-25(26)31)15(7-5-6-8-34-3)16-9-14(2)20(27)11-21(16)28-23/h9-11,32H,4-8,12-13H2,1-3H3/t26-/m0/s1. The summed E-state index contributed by atoms with van der Waals surface area (Å²) in [6, 6.07) is 5.00. The molecule has 2 aliphatic heterocycles. The molecule has 2 aromatic heterocycles. The van der Waals surface area contributed by atoms with E-state index < -0.39 is 11.6 Å². The van der Waals surface area contributed by atoms with Crippen molar-refractivity contribution >= 4 is 28.6 Å². The Morgan fingerprint density at radius 2 is 2.03 bits per heavy atom. The van der Waals surface area contributed by atoms with Crippen LogP contribution in [0.25, 0.3) is 22.3 Å². The first-order chi connectivity index (χ1) is 16.3. The van der Waals surface area contributed by atoms with Gasteiger partial charge in [-0.25, -0.2) is 14.2 Å². The zero-order valence-corrected chi connectivity index (χ0v) is 20.4. The van der Waals surface area contributed by atoms with Crippen molar-refractivity contribution in [3.05, 3.63) is 62.2 Å². The summed E-state index contributed by atoms with van der Waals surface area (Å²) < 4.78 is 21.3. The van der Waals surface area contributed by atoms with Gasteiger partial charge in [0.15, 0.2) is 5.60 Å². The molecule has 4 heterocycles. The lowest BCUT2D eigenvalue weighted by Crippen LogP contribution is -2.44. The number of aliphatic hydroxyl groups is 1.